The highest BCUT2D eigenvalue weighted by Crippen LogP contribution is 2.17. The lowest BCUT2D eigenvalue weighted by Gasteiger charge is -2.14. The average molecular weight is 299 g/mol. The van der Waals surface area contributed by atoms with Crippen molar-refractivity contribution < 1.29 is 4.74 Å². The molecule has 0 saturated carbocycles. The van der Waals surface area contributed by atoms with Crippen molar-refractivity contribution in [3.05, 3.63) is 29.8 Å². The highest BCUT2D eigenvalue weighted by Gasteiger charge is 2.03. The van der Waals surface area contributed by atoms with Gasteiger partial charge in [-0.3, -0.25) is 0 Å². The first-order valence-electron chi connectivity index (χ1n) is 6.57. The molecule has 0 aromatic heterocycles. The van der Waals surface area contributed by atoms with E-state index in [1.807, 2.05) is 0 Å². The van der Waals surface area contributed by atoms with E-state index in [1.54, 1.807) is 0 Å². The van der Waals surface area contributed by atoms with Gasteiger partial charge in [-0.05, 0) is 37.5 Å². The molecule has 1 aromatic carbocycles. The first-order valence-corrected chi connectivity index (χ1v) is 7.70. The summed E-state index contributed by atoms with van der Waals surface area (Å²) in [6.07, 6.45) is 6.71. The topological polar surface area (TPSA) is 9.23 Å². The predicted molar refractivity (Wildman–Crippen MR) is 77.9 cm³/mol. The number of halogens is 1. The molecule has 0 fully saturated rings. The van der Waals surface area contributed by atoms with E-state index >= 15 is 0 Å². The van der Waals surface area contributed by atoms with E-state index in [2.05, 4.69) is 54.0 Å². The Balaban J connectivity index is 2.26. The van der Waals surface area contributed by atoms with Crippen molar-refractivity contribution in [2.45, 2.75) is 57.4 Å². The Morgan fingerprint density at radius 2 is 1.82 bits per heavy atom. The molecule has 0 bridgehead atoms. The zero-order valence-corrected chi connectivity index (χ0v) is 12.5. The van der Waals surface area contributed by atoms with Gasteiger partial charge < -0.3 is 4.74 Å². The van der Waals surface area contributed by atoms with Gasteiger partial charge in [0.1, 0.15) is 5.75 Å². The lowest BCUT2D eigenvalue weighted by Crippen LogP contribution is -2.11. The molecule has 1 rings (SSSR count). The molecule has 0 aliphatic heterocycles. The van der Waals surface area contributed by atoms with E-state index in [-0.39, 0.29) is 0 Å². The molecule has 0 unspecified atom stereocenters. The lowest BCUT2D eigenvalue weighted by molar-refractivity contribution is 0.206. The molecule has 1 atom stereocenters. The molecule has 0 radical (unpaired) electrons. The molecule has 1 aromatic rings. The van der Waals surface area contributed by atoms with Crippen LogP contribution in [0.5, 0.6) is 5.75 Å². The van der Waals surface area contributed by atoms with Crippen LogP contribution in [0.1, 0.15) is 51.5 Å². The number of rotatable bonds is 8. The summed E-state index contributed by atoms with van der Waals surface area (Å²) < 4.78 is 5.88. The average Bonchev–Trinajstić information content (AvgIpc) is 2.36. The maximum absolute atomic E-state index is 5.88. The summed E-state index contributed by atoms with van der Waals surface area (Å²) >= 11 is 3.44. The molecular weight excluding hydrogens is 276 g/mol. The van der Waals surface area contributed by atoms with Crippen molar-refractivity contribution in [3.8, 4) is 5.75 Å². The minimum atomic E-state index is 0.321. The van der Waals surface area contributed by atoms with Gasteiger partial charge in [-0.1, -0.05) is 54.2 Å². The van der Waals surface area contributed by atoms with Gasteiger partial charge in [0.05, 0.1) is 6.10 Å². The van der Waals surface area contributed by atoms with E-state index in [0.717, 1.165) is 17.5 Å². The zero-order chi connectivity index (χ0) is 12.5. The monoisotopic (exact) mass is 298 g/mol. The standard InChI is InChI=1S/C15H23BrO/c1-3-4-5-6-7-13(2)17-15-10-8-14(12-16)9-11-15/h8-11,13H,3-7,12H2,1-2H3/t13-/m1/s1. The lowest BCUT2D eigenvalue weighted by atomic mass is 10.1. The number of alkyl halides is 1. The summed E-state index contributed by atoms with van der Waals surface area (Å²) in [5.74, 6) is 0.984. The van der Waals surface area contributed by atoms with E-state index in [4.69, 9.17) is 4.74 Å². The second-order valence-corrected chi connectivity index (χ2v) is 5.12. The van der Waals surface area contributed by atoms with Crippen molar-refractivity contribution >= 4 is 15.9 Å². The second kappa shape index (κ2) is 8.57. The zero-order valence-electron chi connectivity index (χ0n) is 10.9. The number of hydrogen-bond donors (Lipinski definition) is 0. The van der Waals surface area contributed by atoms with Gasteiger partial charge in [-0.25, -0.2) is 0 Å². The van der Waals surface area contributed by atoms with Crippen LogP contribution in [0.25, 0.3) is 0 Å². The fourth-order valence-corrected chi connectivity index (χ4v) is 2.18. The number of ether oxygens (including phenoxy) is 1. The SMILES string of the molecule is CCCCCC[C@@H](C)Oc1ccc(CBr)cc1. The van der Waals surface area contributed by atoms with Gasteiger partial charge in [0.25, 0.3) is 0 Å². The largest absolute Gasteiger partial charge is 0.491 e. The fourth-order valence-electron chi connectivity index (χ4n) is 1.81. The Labute approximate surface area is 114 Å². The number of hydrogen-bond acceptors (Lipinski definition) is 1. The van der Waals surface area contributed by atoms with Gasteiger partial charge in [0.2, 0.25) is 0 Å². The molecule has 17 heavy (non-hydrogen) atoms. The third-order valence-electron chi connectivity index (χ3n) is 2.88. The third kappa shape index (κ3) is 6.11. The second-order valence-electron chi connectivity index (χ2n) is 4.56. The molecule has 0 heterocycles. The van der Waals surface area contributed by atoms with E-state index in [0.29, 0.717) is 6.10 Å². The van der Waals surface area contributed by atoms with Gasteiger partial charge in [-0.2, -0.15) is 0 Å². The van der Waals surface area contributed by atoms with Gasteiger partial charge in [0, 0.05) is 5.33 Å². The first kappa shape index (κ1) is 14.6. The normalized spacial score (nSPS) is 12.4. The molecule has 0 aliphatic carbocycles. The van der Waals surface area contributed by atoms with Crippen molar-refractivity contribution in [1.82, 2.24) is 0 Å². The predicted octanol–water partition coefficient (Wildman–Crippen LogP) is 5.32. The maximum atomic E-state index is 5.88. The summed E-state index contributed by atoms with van der Waals surface area (Å²) in [7, 11) is 0. The van der Waals surface area contributed by atoms with Crippen LogP contribution < -0.4 is 4.74 Å². The van der Waals surface area contributed by atoms with Gasteiger partial charge in [-0.15, -0.1) is 0 Å². The van der Waals surface area contributed by atoms with Crippen molar-refractivity contribution in [2.24, 2.45) is 0 Å². The van der Waals surface area contributed by atoms with Crippen LogP contribution in [0.2, 0.25) is 0 Å². The van der Waals surface area contributed by atoms with Crippen molar-refractivity contribution in [3.63, 3.8) is 0 Å². The Kier molecular flexibility index (Phi) is 7.34. The van der Waals surface area contributed by atoms with Crippen LogP contribution in [-0.4, -0.2) is 6.10 Å². The number of benzene rings is 1. The Hall–Kier alpha value is -0.500. The quantitative estimate of drug-likeness (QED) is 0.466. The van der Waals surface area contributed by atoms with E-state index in [9.17, 15) is 0 Å². The maximum Gasteiger partial charge on any atom is 0.119 e. The first-order chi connectivity index (χ1) is 8.26. The van der Waals surface area contributed by atoms with Crippen LogP contribution in [0.15, 0.2) is 24.3 Å². The molecule has 0 N–H and O–H groups in total. The smallest absolute Gasteiger partial charge is 0.119 e. The minimum Gasteiger partial charge on any atom is -0.491 e. The molecule has 0 spiro atoms. The van der Waals surface area contributed by atoms with Crippen molar-refractivity contribution in [2.75, 3.05) is 0 Å². The Bertz CT molecular complexity index is 294. The Morgan fingerprint density at radius 3 is 2.41 bits per heavy atom. The molecule has 0 amide bonds. The summed E-state index contributed by atoms with van der Waals surface area (Å²) in [5.41, 5.74) is 1.29. The number of unbranched alkanes of at least 4 members (excludes halogenated alkanes) is 3. The van der Waals surface area contributed by atoms with Crippen LogP contribution in [0, 0.1) is 0 Å². The third-order valence-corrected chi connectivity index (χ3v) is 3.53. The minimum absolute atomic E-state index is 0.321. The molecule has 0 saturated heterocycles. The highest BCUT2D eigenvalue weighted by atomic mass is 79.9. The van der Waals surface area contributed by atoms with Crippen LogP contribution in [0.3, 0.4) is 0 Å². The highest BCUT2D eigenvalue weighted by molar-refractivity contribution is 9.08. The molecule has 1 nitrogen and oxygen atoms in total. The summed E-state index contributed by atoms with van der Waals surface area (Å²) in [4.78, 5) is 0. The molecule has 96 valence electrons. The van der Waals surface area contributed by atoms with E-state index < -0.39 is 0 Å². The van der Waals surface area contributed by atoms with Crippen molar-refractivity contribution in [1.29, 1.82) is 0 Å². The summed E-state index contributed by atoms with van der Waals surface area (Å²) in [6, 6.07) is 8.32. The Morgan fingerprint density at radius 1 is 1.12 bits per heavy atom. The summed E-state index contributed by atoms with van der Waals surface area (Å²) in [6.45, 7) is 4.40. The van der Waals surface area contributed by atoms with E-state index in [1.165, 1.54) is 31.2 Å². The van der Waals surface area contributed by atoms with Crippen LogP contribution >= 0.6 is 15.9 Å². The van der Waals surface area contributed by atoms with Crippen LogP contribution in [-0.2, 0) is 5.33 Å². The molecule has 2 heteroatoms. The van der Waals surface area contributed by atoms with Gasteiger partial charge >= 0.3 is 0 Å². The molecular formula is C15H23BrO. The summed E-state index contributed by atoms with van der Waals surface area (Å²) in [5, 5.41) is 0.903. The van der Waals surface area contributed by atoms with Gasteiger partial charge in [0.15, 0.2) is 0 Å². The molecule has 0 aliphatic rings. The van der Waals surface area contributed by atoms with Crippen LogP contribution in [0.4, 0.5) is 0 Å². The fraction of sp³-hybridized carbons (Fsp3) is 0.600.